The fourth-order valence-corrected chi connectivity index (χ4v) is 18.4. The summed E-state index contributed by atoms with van der Waals surface area (Å²) in [5, 5.41) is 20.0. The molecule has 0 radical (unpaired) electrons. The smallest absolute Gasteiger partial charge is 0.255 e. The Hall–Kier alpha value is -11.5. The van der Waals surface area contributed by atoms with Gasteiger partial charge in [0.1, 0.15) is 65.8 Å². The quantitative estimate of drug-likeness (QED) is 0.0414. The number of halogens is 1. The van der Waals surface area contributed by atoms with Crippen LogP contribution in [0.2, 0.25) is 0 Å². The summed E-state index contributed by atoms with van der Waals surface area (Å²) in [7, 11) is 1.90. The number of aromatic nitrogens is 4. The van der Waals surface area contributed by atoms with E-state index in [0.29, 0.717) is 38.4 Å². The first-order valence-corrected chi connectivity index (χ1v) is 40.3. The Morgan fingerprint density at radius 2 is 0.982 bits per heavy atom. The lowest BCUT2D eigenvalue weighted by molar-refractivity contribution is -0.143. The number of carbonyl (C=O) groups excluding carboxylic acids is 9. The number of β-amino-alcohol motifs (C(OH)–C–C–N with tert-alkyl or cyclic N) is 1. The van der Waals surface area contributed by atoms with Gasteiger partial charge in [-0.3, -0.25) is 48.1 Å². The average molecular weight is 1580 g/mol. The van der Waals surface area contributed by atoms with Crippen LogP contribution in [0.1, 0.15) is 131 Å². The first-order valence-electron chi connectivity index (χ1n) is 38.6. The molecule has 15 rings (SSSR count). The van der Waals surface area contributed by atoms with Crippen LogP contribution in [0.3, 0.4) is 0 Å². The molecule has 0 spiro atoms. The second-order valence-corrected chi connectivity index (χ2v) is 33.1. The third-order valence-corrected chi connectivity index (χ3v) is 24.4. The minimum Gasteiger partial charge on any atom is -0.488 e. The van der Waals surface area contributed by atoms with Crippen LogP contribution < -0.4 is 25.4 Å². The number of nitrogens with zero attached hydrogens (tertiary/aromatic N) is 10. The minimum absolute atomic E-state index is 0.0142. The van der Waals surface area contributed by atoms with Crippen LogP contribution >= 0.6 is 22.7 Å². The minimum atomic E-state index is -1.16. The van der Waals surface area contributed by atoms with Crippen LogP contribution in [0.15, 0.2) is 157 Å². The van der Waals surface area contributed by atoms with Gasteiger partial charge >= 0.3 is 0 Å². The molecule has 25 nitrogen and oxygen atoms in total. The maximum atomic E-state index is 15.8. The Morgan fingerprint density at radius 1 is 0.518 bits per heavy atom. The number of amides is 9. The lowest BCUT2D eigenvalue weighted by atomic mass is 10.0. The molecule has 0 aliphatic carbocycles. The number of imidazole rings is 1. The fourth-order valence-electron chi connectivity index (χ4n) is 16.9. The van der Waals surface area contributed by atoms with Crippen LogP contribution in [0.5, 0.6) is 11.5 Å². The number of ether oxygens (including phenoxy) is 2. The van der Waals surface area contributed by atoms with Gasteiger partial charge in [0.25, 0.3) is 17.7 Å². The molecule has 9 atom stereocenters. The Labute approximate surface area is 667 Å². The normalized spacial score (nSPS) is 19.9. The summed E-state index contributed by atoms with van der Waals surface area (Å²) in [6, 6.07) is 31.3. The lowest BCUT2D eigenvalue weighted by Crippen LogP contribution is -2.55. The van der Waals surface area contributed by atoms with E-state index in [-0.39, 0.29) is 113 Å². The van der Waals surface area contributed by atoms with Crippen LogP contribution in [-0.4, -0.2) is 181 Å². The van der Waals surface area contributed by atoms with Gasteiger partial charge in [-0.2, -0.15) is 0 Å². The first-order chi connectivity index (χ1) is 54.8. The number of fused-ring (bicyclic) bond motifs is 3. The summed E-state index contributed by atoms with van der Waals surface area (Å²) in [6.07, 6.45) is 2.79. The van der Waals surface area contributed by atoms with E-state index in [4.69, 9.17) is 9.47 Å². The molecular formula is C86H90FN13O12S2. The Bertz CT molecular complexity index is 5200. The van der Waals surface area contributed by atoms with Gasteiger partial charge in [0, 0.05) is 101 Å². The maximum absolute atomic E-state index is 15.8. The monoisotopic (exact) mass is 1580 g/mol. The van der Waals surface area contributed by atoms with Crippen LogP contribution in [-0.2, 0) is 75.1 Å². The van der Waals surface area contributed by atoms with E-state index in [0.717, 1.165) is 38.4 Å². The molecule has 6 aliphatic rings. The Balaban J connectivity index is 0.641. The highest BCUT2D eigenvalue weighted by atomic mass is 32.1. The highest BCUT2D eigenvalue weighted by Crippen LogP contribution is 2.39. The molecule has 0 unspecified atom stereocenters. The zero-order valence-electron chi connectivity index (χ0n) is 64.5. The number of hydrogen-bond donors (Lipinski definition) is 4. The van der Waals surface area contributed by atoms with Gasteiger partial charge in [-0.25, -0.2) is 14.4 Å². The third kappa shape index (κ3) is 15.6. The summed E-state index contributed by atoms with van der Waals surface area (Å²) in [4.78, 5) is 156. The van der Waals surface area contributed by atoms with E-state index in [1.807, 2.05) is 114 Å². The largest absolute Gasteiger partial charge is 0.488 e. The number of thiazole rings is 2. The molecule has 0 bridgehead atoms. The van der Waals surface area contributed by atoms with Crippen LogP contribution in [0.4, 0.5) is 4.39 Å². The van der Waals surface area contributed by atoms with Crippen molar-refractivity contribution in [3.63, 3.8) is 0 Å². The van der Waals surface area contributed by atoms with E-state index >= 15 is 18.8 Å². The van der Waals surface area contributed by atoms with Gasteiger partial charge in [0.05, 0.1) is 63.9 Å². The molecule has 9 heterocycles. The van der Waals surface area contributed by atoms with Gasteiger partial charge in [-0.1, -0.05) is 133 Å². The number of aryl methyl sites for hydroxylation is 2. The molecule has 590 valence electrons. The highest BCUT2D eigenvalue weighted by Gasteiger charge is 2.51. The summed E-state index contributed by atoms with van der Waals surface area (Å²) in [5.74, 6) is -5.22. The number of benzene rings is 6. The average Bonchev–Trinajstić information content (AvgIpc) is 1.60. The van der Waals surface area contributed by atoms with Gasteiger partial charge in [0.2, 0.25) is 35.4 Å². The number of aliphatic hydroxyl groups is 1. The lowest BCUT2D eigenvalue weighted by Gasteiger charge is -2.35. The molecular weight excluding hydrogens is 1490 g/mol. The fraction of sp³-hybridized carbons (Fsp3) is 0.372. The van der Waals surface area contributed by atoms with Crippen molar-refractivity contribution >= 4 is 75.8 Å². The summed E-state index contributed by atoms with van der Waals surface area (Å²) >= 11 is 2.83. The molecule has 9 amide bonds. The second kappa shape index (κ2) is 32.5. The molecule has 9 aromatic rings. The first kappa shape index (κ1) is 77.8. The number of likely N-dealkylation sites (tertiary alicyclic amines) is 3. The van der Waals surface area contributed by atoms with E-state index < -0.39 is 119 Å². The number of hydrogen-bond acceptors (Lipinski definition) is 17. The van der Waals surface area contributed by atoms with Crippen molar-refractivity contribution in [2.75, 3.05) is 19.6 Å². The van der Waals surface area contributed by atoms with E-state index in [1.165, 1.54) is 53.2 Å². The number of nitrogens with one attached hydrogen (secondary N) is 3. The molecule has 3 aromatic heterocycles. The summed E-state index contributed by atoms with van der Waals surface area (Å²) in [6.45, 7) is 13.2. The molecule has 28 heteroatoms. The van der Waals surface area contributed by atoms with E-state index in [9.17, 15) is 33.9 Å². The van der Waals surface area contributed by atoms with Crippen molar-refractivity contribution in [1.29, 1.82) is 0 Å². The zero-order valence-corrected chi connectivity index (χ0v) is 66.2. The van der Waals surface area contributed by atoms with E-state index in [2.05, 4.69) is 30.9 Å². The topological polar surface area (TPSA) is 291 Å². The van der Waals surface area contributed by atoms with Crippen molar-refractivity contribution < 1.29 is 62.1 Å². The molecule has 114 heavy (non-hydrogen) atoms. The highest BCUT2D eigenvalue weighted by molar-refractivity contribution is 7.13. The van der Waals surface area contributed by atoms with Crippen LogP contribution in [0.25, 0.3) is 32.1 Å². The number of aliphatic hydroxyl groups excluding tert-OH is 1. The maximum Gasteiger partial charge on any atom is 0.255 e. The Morgan fingerprint density at radius 3 is 1.44 bits per heavy atom. The molecule has 3 saturated heterocycles. The number of rotatable bonds is 25. The Kier molecular flexibility index (Phi) is 22.2. The van der Waals surface area contributed by atoms with E-state index in [1.54, 1.807) is 102 Å². The molecule has 6 aliphatic heterocycles. The van der Waals surface area contributed by atoms with Gasteiger partial charge in [0.15, 0.2) is 0 Å². The predicted molar refractivity (Wildman–Crippen MR) is 424 cm³/mol. The second-order valence-electron chi connectivity index (χ2n) is 31.4. The zero-order chi connectivity index (χ0) is 80.1. The third-order valence-electron chi connectivity index (χ3n) is 22.7. The SMILES string of the molecule is Cc1ncsc1-c1ccc(CNC(=O)[C@@H]2C[C@@H](Oc3ccc4c(c3)C(=O)N([C@H](C(=O)N3C[C@H](O)C[C@H]3C(=O)NCc3ccc(-c5cncn5C)cc3)C(C)C)C4)CN2C(=O)[C@H](C(C)C)N2Cc3ccc(O[C@@H]4C[C@@H](C(=O)NCc5ccc(-c6cncs6)cc5)N(C(=O)[C@H](C(C)C)N5Cc6ccccc6C5=O)C4)cc3C2=O)cc1F. The number of carbonyl (C=O) groups is 9. The van der Waals surface area contributed by atoms with Crippen molar-refractivity contribution in [2.24, 2.45) is 24.8 Å². The van der Waals surface area contributed by atoms with Crippen molar-refractivity contribution in [3.05, 3.63) is 219 Å². The molecule has 3 fully saturated rings. The van der Waals surface area contributed by atoms with Crippen molar-refractivity contribution in [2.45, 2.75) is 162 Å². The van der Waals surface area contributed by atoms with Gasteiger partial charge in [-0.05, 0) is 106 Å². The van der Waals surface area contributed by atoms with Crippen molar-refractivity contribution in [1.82, 2.24) is 64.9 Å². The summed E-state index contributed by atoms with van der Waals surface area (Å²) in [5.41, 5.74) is 12.5. The molecule has 0 saturated carbocycles. The predicted octanol–water partition coefficient (Wildman–Crippen LogP) is 9.73. The summed E-state index contributed by atoms with van der Waals surface area (Å²) < 4.78 is 31.2. The standard InChI is InChI=1S/C86H90FN13O12S2/c1-47(2)74(84(108)95-41-59(101)28-69(95)78(102)90-33-51-13-18-54(19-14-51)72-36-88-44-94(72)8)99-39-57-22-24-60(29-66(57)82(99)106)112-63-32-71(80(104)92-35-53-17-26-65(68(87)27-53)77-50(7)93-46-114-77)97(43-63)86(110)76(49(5)6)100-40-58-23-25-61(30-67(58)83(100)107)111-62-31-70(79(103)91-34-52-15-20-55(21-16-52)73-37-89-45-113-73)96(42-62)85(109)75(48(3)4)98-38-56-11-9-10-12-64(56)81(98)105/h9-27,29-30,36-37,44-49,59,62-63,69-71,74-76,101H,28,31-35,38-43H2,1-8H3,(H,90,102)(H,91,103)(H,92,104)/t59-,62-,63-,69+,70+,71+,74+,75+,76+/m1/s1. The van der Waals surface area contributed by atoms with Crippen LogP contribution in [0, 0.1) is 30.5 Å². The molecule has 6 aromatic carbocycles. The van der Waals surface area contributed by atoms with Gasteiger partial charge in [-0.15, -0.1) is 22.7 Å². The molecule has 4 N–H and O–H groups in total. The van der Waals surface area contributed by atoms with Gasteiger partial charge < -0.3 is 64.5 Å². The van der Waals surface area contributed by atoms with Crippen molar-refractivity contribution in [3.8, 4) is 43.6 Å².